The fourth-order valence-electron chi connectivity index (χ4n) is 0.528. The van der Waals surface area contributed by atoms with Crippen molar-refractivity contribution in [1.82, 2.24) is 5.06 Å². The topological polar surface area (TPSA) is 79.4 Å². The normalized spacial score (nSPS) is 9.50. The summed E-state index contributed by atoms with van der Waals surface area (Å²) >= 11 is 3.48. The van der Waals surface area contributed by atoms with Gasteiger partial charge in [0.25, 0.3) is 0 Å². The molecule has 0 aromatic heterocycles. The number of guanidine groups is 1. The second-order valence-corrected chi connectivity index (χ2v) is 2.53. The molecule has 0 saturated heterocycles. The molecule has 6 heteroatoms. The number of hydrogen-bond acceptors (Lipinski definition) is 3. The van der Waals surface area contributed by atoms with Crippen LogP contribution in [-0.2, 0) is 4.84 Å². The van der Waals surface area contributed by atoms with Crippen LogP contribution in [0.5, 0.6) is 0 Å². The zero-order chi connectivity index (χ0) is 9.56. The minimum absolute atomic E-state index is 0.363. The Kier molecular flexibility index (Phi) is 5.48. The molecule has 0 spiro atoms. The molecule has 0 aromatic carbocycles. The van der Waals surface area contributed by atoms with Crippen molar-refractivity contribution in [2.24, 2.45) is 5.73 Å². The molecule has 5 nitrogen and oxygen atoms in total. The molecule has 70 valence electrons. The quantitative estimate of drug-likeness (QED) is 0.203. The van der Waals surface area contributed by atoms with E-state index in [0.717, 1.165) is 12.8 Å². The van der Waals surface area contributed by atoms with E-state index in [-0.39, 0.29) is 0 Å². The van der Waals surface area contributed by atoms with Crippen LogP contribution in [0.15, 0.2) is 0 Å². The molecule has 0 radical (unpaired) electrons. The number of rotatable bonds is 4. The lowest BCUT2D eigenvalue weighted by Crippen LogP contribution is -2.38. The van der Waals surface area contributed by atoms with Crippen molar-refractivity contribution in [3.63, 3.8) is 0 Å². The first kappa shape index (κ1) is 11.2. The van der Waals surface area contributed by atoms with E-state index in [1.807, 2.05) is 6.92 Å². The Balaban J connectivity index is 3.80. The zero-order valence-corrected chi connectivity index (χ0v) is 7.80. The van der Waals surface area contributed by atoms with E-state index in [4.69, 9.17) is 16.0 Å². The summed E-state index contributed by atoms with van der Waals surface area (Å²) in [5.41, 5.74) is 5.03. The summed E-state index contributed by atoms with van der Waals surface area (Å²) in [6.07, 6.45) is 1.76. The first-order valence-electron chi connectivity index (χ1n) is 3.59. The molecule has 0 heterocycles. The Morgan fingerprint density at radius 3 is 2.67 bits per heavy atom. The highest BCUT2D eigenvalue weighted by Gasteiger charge is 2.12. The van der Waals surface area contributed by atoms with E-state index < -0.39 is 11.2 Å². The monoisotopic (exact) mass is 191 g/mol. The summed E-state index contributed by atoms with van der Waals surface area (Å²) in [5, 5.41) is 6.90. The van der Waals surface area contributed by atoms with Gasteiger partial charge in [0.05, 0.1) is 6.61 Å². The van der Waals surface area contributed by atoms with Crippen LogP contribution in [0.1, 0.15) is 19.8 Å². The number of amides is 1. The zero-order valence-electron chi connectivity index (χ0n) is 6.91. The van der Waals surface area contributed by atoms with Crippen LogP contribution < -0.4 is 5.73 Å². The summed E-state index contributed by atoms with van der Waals surface area (Å²) < 4.78 is 0. The number of carbonyl (C=O) groups excluding carboxylic acids is 1. The summed E-state index contributed by atoms with van der Waals surface area (Å²) in [4.78, 5) is 15.5. The van der Waals surface area contributed by atoms with Crippen molar-refractivity contribution in [3.8, 4) is 0 Å². The van der Waals surface area contributed by atoms with E-state index in [0.29, 0.717) is 11.7 Å². The first-order valence-corrected chi connectivity index (χ1v) is 4.04. The van der Waals surface area contributed by atoms with Crippen LogP contribution in [0.4, 0.5) is 4.79 Å². The lowest BCUT2D eigenvalue weighted by molar-refractivity contribution is -0.0556. The summed E-state index contributed by atoms with van der Waals surface area (Å²) in [5.74, 6) is -0.453. The maximum Gasteiger partial charge on any atom is 0.309 e. The lowest BCUT2D eigenvalue weighted by atomic mass is 10.4. The highest BCUT2D eigenvalue weighted by atomic mass is 32.1. The van der Waals surface area contributed by atoms with Gasteiger partial charge >= 0.3 is 5.24 Å². The Labute approximate surface area is 76.7 Å². The molecule has 0 saturated carbocycles. The summed E-state index contributed by atoms with van der Waals surface area (Å²) in [6.45, 7) is 2.35. The van der Waals surface area contributed by atoms with Crippen molar-refractivity contribution >= 4 is 23.8 Å². The molecule has 0 fully saturated rings. The minimum Gasteiger partial charge on any atom is -0.368 e. The third-order valence-electron chi connectivity index (χ3n) is 1.11. The molecule has 0 aliphatic carbocycles. The highest BCUT2D eigenvalue weighted by Crippen LogP contribution is 1.98. The fourth-order valence-corrected chi connectivity index (χ4v) is 0.693. The Hall–Kier alpha value is -0.750. The molecular formula is C6H13N3O2S. The van der Waals surface area contributed by atoms with Gasteiger partial charge in [-0.15, -0.1) is 5.06 Å². The minimum atomic E-state index is -0.682. The van der Waals surface area contributed by atoms with Crippen molar-refractivity contribution < 1.29 is 9.63 Å². The largest absolute Gasteiger partial charge is 0.368 e. The van der Waals surface area contributed by atoms with Crippen molar-refractivity contribution in [2.75, 3.05) is 6.61 Å². The molecule has 0 bridgehead atoms. The highest BCUT2D eigenvalue weighted by molar-refractivity contribution is 7.96. The van der Waals surface area contributed by atoms with Gasteiger partial charge in [-0.25, -0.2) is 0 Å². The first-order chi connectivity index (χ1) is 5.59. The average Bonchev–Trinajstić information content (AvgIpc) is 1.96. The molecule has 0 rings (SSSR count). The third kappa shape index (κ3) is 4.20. The smallest absolute Gasteiger partial charge is 0.309 e. The molecule has 3 N–H and O–H groups in total. The van der Waals surface area contributed by atoms with Gasteiger partial charge in [-0.3, -0.25) is 15.0 Å². The number of hydroxylamine groups is 2. The van der Waals surface area contributed by atoms with Gasteiger partial charge in [-0.1, -0.05) is 26.0 Å². The second kappa shape index (κ2) is 5.84. The van der Waals surface area contributed by atoms with Gasteiger partial charge in [0.2, 0.25) is 5.96 Å². The van der Waals surface area contributed by atoms with Crippen LogP contribution in [0.25, 0.3) is 0 Å². The fraction of sp³-hybridized carbons (Fsp3) is 0.667. The maximum atomic E-state index is 10.6. The van der Waals surface area contributed by atoms with Crippen molar-refractivity contribution in [3.05, 3.63) is 0 Å². The molecule has 0 aromatic rings. The van der Waals surface area contributed by atoms with Crippen LogP contribution in [0.3, 0.4) is 0 Å². The number of nitrogens with two attached hydrogens (primary N) is 1. The Bertz CT molecular complexity index is 160. The maximum absolute atomic E-state index is 10.6. The standard InChI is InChI=1S/C6H13N3O2S/c1-2-3-4-11-9(5(7)8)6(10)12/h2-4H2,1H3,(H3,7,8)(H,10,12). The molecule has 12 heavy (non-hydrogen) atoms. The van der Waals surface area contributed by atoms with Crippen LogP contribution >= 0.6 is 12.6 Å². The van der Waals surface area contributed by atoms with Gasteiger partial charge < -0.3 is 5.73 Å². The Morgan fingerprint density at radius 2 is 2.33 bits per heavy atom. The van der Waals surface area contributed by atoms with E-state index >= 15 is 0 Å². The Morgan fingerprint density at radius 1 is 1.75 bits per heavy atom. The number of unbranched alkanes of at least 4 members (excludes halogenated alkanes) is 1. The molecule has 0 atom stereocenters. The number of nitrogens with one attached hydrogen (secondary N) is 1. The SMILES string of the molecule is CCCCON(C(=N)N)C(=O)S. The van der Waals surface area contributed by atoms with Gasteiger partial charge in [0, 0.05) is 0 Å². The molecule has 0 unspecified atom stereocenters. The van der Waals surface area contributed by atoms with E-state index in [9.17, 15) is 4.79 Å². The van der Waals surface area contributed by atoms with Crippen molar-refractivity contribution in [2.45, 2.75) is 19.8 Å². The summed E-state index contributed by atoms with van der Waals surface area (Å²) in [7, 11) is 0. The van der Waals surface area contributed by atoms with Crippen LogP contribution in [0.2, 0.25) is 0 Å². The van der Waals surface area contributed by atoms with E-state index in [1.54, 1.807) is 0 Å². The van der Waals surface area contributed by atoms with Gasteiger partial charge in [0.1, 0.15) is 0 Å². The molecule has 0 aliphatic rings. The predicted molar refractivity (Wildman–Crippen MR) is 49.0 cm³/mol. The van der Waals surface area contributed by atoms with Crippen LogP contribution in [0, 0.1) is 5.41 Å². The summed E-state index contributed by atoms with van der Waals surface area (Å²) in [6, 6.07) is 0. The van der Waals surface area contributed by atoms with Gasteiger partial charge in [0.15, 0.2) is 0 Å². The van der Waals surface area contributed by atoms with E-state index in [2.05, 4.69) is 12.6 Å². The lowest BCUT2D eigenvalue weighted by Gasteiger charge is -2.16. The molecule has 0 aliphatic heterocycles. The second-order valence-electron chi connectivity index (χ2n) is 2.15. The number of nitrogens with zero attached hydrogens (tertiary/aromatic N) is 1. The average molecular weight is 191 g/mol. The number of carbonyl (C=O) groups is 1. The predicted octanol–water partition coefficient (Wildman–Crippen LogP) is 0.963. The number of thiol groups is 1. The van der Waals surface area contributed by atoms with E-state index in [1.165, 1.54) is 0 Å². The molecular weight excluding hydrogens is 178 g/mol. The number of hydrogen-bond donors (Lipinski definition) is 3. The van der Waals surface area contributed by atoms with Crippen LogP contribution in [-0.4, -0.2) is 22.9 Å². The van der Waals surface area contributed by atoms with Gasteiger partial charge in [-0.05, 0) is 6.42 Å². The van der Waals surface area contributed by atoms with Gasteiger partial charge in [-0.2, -0.15) is 0 Å². The molecule has 1 amide bonds. The third-order valence-corrected chi connectivity index (χ3v) is 1.29. The van der Waals surface area contributed by atoms with Crippen molar-refractivity contribution in [1.29, 1.82) is 5.41 Å².